The van der Waals surface area contributed by atoms with Gasteiger partial charge in [-0.05, 0) is 29.8 Å². The van der Waals surface area contributed by atoms with Gasteiger partial charge in [-0.2, -0.15) is 0 Å². The van der Waals surface area contributed by atoms with Crippen molar-refractivity contribution in [2.24, 2.45) is 4.99 Å². The fourth-order valence-corrected chi connectivity index (χ4v) is 2.90. The summed E-state index contributed by atoms with van der Waals surface area (Å²) >= 11 is 0. The lowest BCUT2D eigenvalue weighted by atomic mass is 10.2. The fourth-order valence-electron chi connectivity index (χ4n) is 2.90. The highest BCUT2D eigenvalue weighted by molar-refractivity contribution is 14.0. The first-order valence-corrected chi connectivity index (χ1v) is 9.47. The Bertz CT molecular complexity index is 913. The van der Waals surface area contributed by atoms with Crippen molar-refractivity contribution in [3.05, 3.63) is 66.6 Å². The molecule has 2 N–H and O–H groups in total. The van der Waals surface area contributed by atoms with Crippen LogP contribution in [0, 0.1) is 0 Å². The lowest BCUT2D eigenvalue weighted by molar-refractivity contribution is 0.318. The van der Waals surface area contributed by atoms with Crippen LogP contribution in [0.15, 0.2) is 65.8 Å². The number of guanidine groups is 1. The average molecular weight is 521 g/mol. The molecule has 0 spiro atoms. The van der Waals surface area contributed by atoms with Crippen LogP contribution in [0.5, 0.6) is 11.5 Å². The van der Waals surface area contributed by atoms with Crippen molar-refractivity contribution in [1.29, 1.82) is 0 Å². The van der Waals surface area contributed by atoms with E-state index < -0.39 is 0 Å². The highest BCUT2D eigenvalue weighted by Crippen LogP contribution is 2.17. The minimum Gasteiger partial charge on any atom is -0.497 e. The normalized spacial score (nSPS) is 10.8. The third-order valence-electron chi connectivity index (χ3n) is 4.39. The van der Waals surface area contributed by atoms with Crippen LogP contribution in [0.25, 0.3) is 11.3 Å². The molecule has 1 aromatic heterocycles. The number of hydrogen-bond donors (Lipinski definition) is 2. The SMILES string of the molecule is CN=C(NCCOc1ccc(OC)cc1)N(C)Cc1ncc(-c2ccccc2)[nH]1.I. The van der Waals surface area contributed by atoms with Crippen LogP contribution in [0.2, 0.25) is 0 Å². The lowest BCUT2D eigenvalue weighted by Gasteiger charge is -2.21. The van der Waals surface area contributed by atoms with E-state index in [9.17, 15) is 0 Å². The molecular formula is C22H28IN5O2. The average Bonchev–Trinajstić information content (AvgIpc) is 3.23. The number of nitrogens with one attached hydrogen (secondary N) is 2. The van der Waals surface area contributed by atoms with E-state index in [1.807, 2.05) is 60.6 Å². The number of imidazole rings is 1. The standard InChI is InChI=1S/C22H27N5O2.HI/c1-23-22(24-13-14-29-19-11-9-18(28-3)10-12-19)27(2)16-21-25-15-20(26-21)17-7-5-4-6-8-17;/h4-12,15H,13-14,16H2,1-3H3,(H,23,24)(H,25,26);1H. The van der Waals surface area contributed by atoms with E-state index in [1.165, 1.54) is 0 Å². The van der Waals surface area contributed by atoms with Crippen molar-refractivity contribution < 1.29 is 9.47 Å². The van der Waals surface area contributed by atoms with Crippen LogP contribution in [0.1, 0.15) is 5.82 Å². The van der Waals surface area contributed by atoms with Gasteiger partial charge in [-0.1, -0.05) is 30.3 Å². The van der Waals surface area contributed by atoms with Crippen molar-refractivity contribution in [2.75, 3.05) is 34.4 Å². The van der Waals surface area contributed by atoms with Gasteiger partial charge in [0.2, 0.25) is 0 Å². The summed E-state index contributed by atoms with van der Waals surface area (Å²) in [7, 11) is 5.39. The van der Waals surface area contributed by atoms with Gasteiger partial charge in [0.1, 0.15) is 23.9 Å². The Morgan fingerprint density at radius 2 is 1.80 bits per heavy atom. The Hall–Kier alpha value is -2.75. The minimum atomic E-state index is 0. The van der Waals surface area contributed by atoms with Crippen molar-refractivity contribution in [3.63, 3.8) is 0 Å². The number of halogens is 1. The summed E-state index contributed by atoms with van der Waals surface area (Å²) in [5.74, 6) is 3.27. The summed E-state index contributed by atoms with van der Waals surface area (Å²) in [4.78, 5) is 14.2. The monoisotopic (exact) mass is 521 g/mol. The summed E-state index contributed by atoms with van der Waals surface area (Å²) in [6.45, 7) is 1.78. The van der Waals surface area contributed by atoms with Crippen LogP contribution in [-0.2, 0) is 6.54 Å². The zero-order valence-corrected chi connectivity index (χ0v) is 19.8. The molecule has 0 aliphatic heterocycles. The highest BCUT2D eigenvalue weighted by atomic mass is 127. The summed E-state index contributed by atoms with van der Waals surface area (Å²) in [6.07, 6.45) is 1.86. The Morgan fingerprint density at radius 1 is 1.10 bits per heavy atom. The number of ether oxygens (including phenoxy) is 2. The minimum absolute atomic E-state index is 0. The number of aromatic nitrogens is 2. The first-order valence-electron chi connectivity index (χ1n) is 9.47. The Balaban J connectivity index is 0.00000320. The first-order chi connectivity index (χ1) is 14.2. The quantitative estimate of drug-likeness (QED) is 0.204. The van der Waals surface area contributed by atoms with E-state index in [-0.39, 0.29) is 24.0 Å². The molecule has 3 aromatic rings. The predicted molar refractivity (Wildman–Crippen MR) is 131 cm³/mol. The van der Waals surface area contributed by atoms with E-state index in [1.54, 1.807) is 14.2 Å². The Labute approximate surface area is 194 Å². The number of nitrogens with zero attached hydrogens (tertiary/aromatic N) is 3. The Morgan fingerprint density at radius 3 is 2.47 bits per heavy atom. The maximum atomic E-state index is 5.74. The van der Waals surface area contributed by atoms with E-state index in [0.29, 0.717) is 19.7 Å². The van der Waals surface area contributed by atoms with Gasteiger partial charge in [0.05, 0.1) is 32.1 Å². The molecule has 30 heavy (non-hydrogen) atoms. The largest absolute Gasteiger partial charge is 0.497 e. The molecule has 8 heteroatoms. The molecule has 0 saturated carbocycles. The molecule has 0 saturated heterocycles. The van der Waals surface area contributed by atoms with Crippen molar-refractivity contribution in [3.8, 4) is 22.8 Å². The van der Waals surface area contributed by atoms with Gasteiger partial charge < -0.3 is 24.7 Å². The Kier molecular flexibility index (Phi) is 9.46. The second-order valence-electron chi connectivity index (χ2n) is 6.46. The molecule has 0 unspecified atom stereocenters. The summed E-state index contributed by atoms with van der Waals surface area (Å²) < 4.78 is 10.9. The molecule has 1 heterocycles. The third-order valence-corrected chi connectivity index (χ3v) is 4.39. The predicted octanol–water partition coefficient (Wildman–Crippen LogP) is 3.79. The van der Waals surface area contributed by atoms with Crippen molar-refractivity contribution in [1.82, 2.24) is 20.2 Å². The maximum Gasteiger partial charge on any atom is 0.193 e. The first kappa shape index (κ1) is 23.5. The second-order valence-corrected chi connectivity index (χ2v) is 6.46. The van der Waals surface area contributed by atoms with Gasteiger partial charge in [0, 0.05) is 14.1 Å². The van der Waals surface area contributed by atoms with Crippen LogP contribution in [-0.4, -0.2) is 55.2 Å². The zero-order chi connectivity index (χ0) is 20.5. The van der Waals surface area contributed by atoms with Gasteiger partial charge in [-0.3, -0.25) is 4.99 Å². The van der Waals surface area contributed by atoms with Gasteiger partial charge >= 0.3 is 0 Å². The fraction of sp³-hybridized carbons (Fsp3) is 0.273. The molecule has 0 radical (unpaired) electrons. The highest BCUT2D eigenvalue weighted by Gasteiger charge is 2.09. The zero-order valence-electron chi connectivity index (χ0n) is 17.5. The van der Waals surface area contributed by atoms with E-state index in [2.05, 4.69) is 32.4 Å². The van der Waals surface area contributed by atoms with Crippen molar-refractivity contribution >= 4 is 29.9 Å². The lowest BCUT2D eigenvalue weighted by Crippen LogP contribution is -2.40. The number of rotatable bonds is 8. The number of benzene rings is 2. The molecule has 0 fully saturated rings. The van der Waals surface area contributed by atoms with E-state index >= 15 is 0 Å². The number of aliphatic imine (C=N–C) groups is 1. The summed E-state index contributed by atoms with van der Waals surface area (Å²) in [5, 5.41) is 3.31. The molecule has 0 bridgehead atoms. The summed E-state index contributed by atoms with van der Waals surface area (Å²) in [5.41, 5.74) is 2.12. The number of methoxy groups -OCH3 is 1. The molecule has 0 aliphatic carbocycles. The molecule has 3 rings (SSSR count). The number of aromatic amines is 1. The van der Waals surface area contributed by atoms with Crippen LogP contribution < -0.4 is 14.8 Å². The van der Waals surface area contributed by atoms with Gasteiger partial charge in [0.15, 0.2) is 5.96 Å². The maximum absolute atomic E-state index is 5.74. The molecule has 2 aromatic carbocycles. The third kappa shape index (κ3) is 6.65. The van der Waals surface area contributed by atoms with Crippen molar-refractivity contribution in [2.45, 2.75) is 6.54 Å². The molecular weight excluding hydrogens is 493 g/mol. The van der Waals surface area contributed by atoms with Crippen LogP contribution in [0.4, 0.5) is 0 Å². The molecule has 0 aliphatic rings. The van der Waals surface area contributed by atoms with Crippen LogP contribution in [0.3, 0.4) is 0 Å². The van der Waals surface area contributed by atoms with Crippen LogP contribution >= 0.6 is 24.0 Å². The van der Waals surface area contributed by atoms with E-state index in [4.69, 9.17) is 9.47 Å². The van der Waals surface area contributed by atoms with E-state index in [0.717, 1.165) is 34.5 Å². The number of H-pyrrole nitrogens is 1. The van der Waals surface area contributed by atoms with Gasteiger partial charge in [-0.25, -0.2) is 4.98 Å². The topological polar surface area (TPSA) is 74.8 Å². The second kappa shape index (κ2) is 12.1. The van der Waals surface area contributed by atoms with Gasteiger partial charge in [0.25, 0.3) is 0 Å². The molecule has 160 valence electrons. The number of hydrogen-bond acceptors (Lipinski definition) is 4. The smallest absolute Gasteiger partial charge is 0.193 e. The molecule has 0 atom stereocenters. The molecule has 7 nitrogen and oxygen atoms in total. The van der Waals surface area contributed by atoms with Gasteiger partial charge in [-0.15, -0.1) is 24.0 Å². The summed E-state index contributed by atoms with van der Waals surface area (Å²) in [6, 6.07) is 17.7. The molecule has 0 amide bonds.